The Hall–Kier alpha value is -3.87. The van der Waals surface area contributed by atoms with Crippen molar-refractivity contribution < 1.29 is 46.1 Å². The van der Waals surface area contributed by atoms with Crippen LogP contribution < -0.4 is 24.8 Å². The van der Waals surface area contributed by atoms with Crippen LogP contribution in [0, 0.1) is 19.8 Å². The van der Waals surface area contributed by atoms with Gasteiger partial charge in [0.1, 0.15) is 0 Å². The molecule has 0 radical (unpaired) electrons. The van der Waals surface area contributed by atoms with Gasteiger partial charge in [-0.2, -0.15) is 0 Å². The molecule has 0 saturated heterocycles. The number of benzene rings is 6. The Kier molecular flexibility index (Phi) is 13.3. The predicted molar refractivity (Wildman–Crippen MR) is 248 cm³/mol. The molecule has 1 unspecified atom stereocenters. The largest absolute Gasteiger partial charge is 1.00 e. The molecule has 0 saturated carbocycles. The van der Waals surface area contributed by atoms with E-state index in [1.165, 1.54) is 94.6 Å². The minimum absolute atomic E-state index is 0. The molecule has 6 aromatic rings. The maximum absolute atomic E-state index is 3.14. The van der Waals surface area contributed by atoms with Crippen molar-refractivity contribution in [2.45, 2.75) is 97.5 Å². The van der Waals surface area contributed by atoms with E-state index in [-0.39, 0.29) is 39.3 Å². The van der Waals surface area contributed by atoms with Gasteiger partial charge in [0.2, 0.25) is 0 Å². The van der Waals surface area contributed by atoms with E-state index >= 15 is 0 Å². The SMILES string of the molecule is CC1=C(C)C(C)[C]([Zr+2](=[C](c2ccc(C)cc2)c2ccc(C)cc2)[CH]2c3cc(-c4ccccc4)c(C(C)(C)C)cc3-c3cc(C(C)(C)C)c(-c4ccccc4)cc32)=C1C.[Cl-].[Cl-]. The molecule has 0 nitrogen and oxygen atoms in total. The van der Waals surface area contributed by atoms with Gasteiger partial charge < -0.3 is 24.8 Å². The summed E-state index contributed by atoms with van der Waals surface area (Å²) < 4.78 is 3.63. The number of halogens is 2. The van der Waals surface area contributed by atoms with Crippen molar-refractivity contribution in [1.29, 1.82) is 0 Å². The average Bonchev–Trinajstić information content (AvgIpc) is 3.61. The fourth-order valence-electron chi connectivity index (χ4n) is 9.76. The van der Waals surface area contributed by atoms with Crippen LogP contribution in [0.25, 0.3) is 33.4 Å². The Bertz CT molecular complexity index is 2490. The number of allylic oxidation sites excluding steroid dienone is 4. The zero-order valence-electron chi connectivity index (χ0n) is 37.6. The van der Waals surface area contributed by atoms with Gasteiger partial charge in [0.25, 0.3) is 0 Å². The van der Waals surface area contributed by atoms with Gasteiger partial charge in [-0.3, -0.25) is 0 Å². The van der Waals surface area contributed by atoms with Gasteiger partial charge in [0.15, 0.2) is 0 Å². The molecule has 2 aliphatic rings. The molecule has 1 atom stereocenters. The van der Waals surface area contributed by atoms with Crippen LogP contribution in [0.3, 0.4) is 0 Å². The topological polar surface area (TPSA) is 0 Å². The number of aryl methyl sites for hydroxylation is 2. The third kappa shape index (κ3) is 8.25. The third-order valence-corrected chi connectivity index (χ3v) is 22.4. The van der Waals surface area contributed by atoms with Gasteiger partial charge in [-0.05, 0) is 0 Å². The molecule has 0 heterocycles. The zero-order valence-corrected chi connectivity index (χ0v) is 41.6. The molecule has 306 valence electrons. The molecule has 0 bridgehead atoms. The Morgan fingerprint density at radius 2 is 0.850 bits per heavy atom. The normalized spacial score (nSPS) is 14.9. The Balaban J connectivity index is 0.00000302. The maximum atomic E-state index is 2.67. The van der Waals surface area contributed by atoms with Gasteiger partial charge >= 0.3 is 359 Å². The molecule has 0 N–H and O–H groups in total. The first-order valence-electron chi connectivity index (χ1n) is 21.3. The van der Waals surface area contributed by atoms with Crippen molar-refractivity contribution >= 4 is 3.21 Å². The molecule has 0 fully saturated rings. The molecule has 2 aliphatic carbocycles. The second-order valence-corrected chi connectivity index (χ2v) is 25.2. The fraction of sp³-hybridized carbons (Fsp3) is 0.281. The van der Waals surface area contributed by atoms with Crippen LogP contribution in [-0.4, -0.2) is 3.21 Å². The molecule has 60 heavy (non-hydrogen) atoms. The molecule has 3 heteroatoms. The first kappa shape index (κ1) is 45.7. The first-order valence-corrected chi connectivity index (χ1v) is 25.2. The smallest absolute Gasteiger partial charge is 1.00 e. The summed E-state index contributed by atoms with van der Waals surface area (Å²) in [5, 5.41) is 0. The molecular weight excluding hydrogens is 847 g/mol. The monoisotopic (exact) mass is 904 g/mol. The fourth-order valence-corrected chi connectivity index (χ4v) is 20.1. The molecule has 0 aliphatic heterocycles. The van der Waals surface area contributed by atoms with Crippen LogP contribution in [0.1, 0.15) is 117 Å². The molecule has 8 rings (SSSR count). The average molecular weight is 907 g/mol. The first-order chi connectivity index (χ1) is 27.5. The molecule has 0 amide bonds. The van der Waals surface area contributed by atoms with E-state index in [0.29, 0.717) is 5.92 Å². The summed E-state index contributed by atoms with van der Waals surface area (Å²) in [6, 6.07) is 52.0. The van der Waals surface area contributed by atoms with Gasteiger partial charge in [-0.25, -0.2) is 0 Å². The van der Waals surface area contributed by atoms with Crippen LogP contribution >= 0.6 is 0 Å². The minimum Gasteiger partial charge on any atom is -1.00 e. The summed E-state index contributed by atoms with van der Waals surface area (Å²) >= 11 is -3.14. The van der Waals surface area contributed by atoms with E-state index < -0.39 is 21.3 Å². The number of hydrogen-bond donors (Lipinski definition) is 0. The number of fused-ring (bicyclic) bond motifs is 3. The molecule has 0 aromatic heterocycles. The van der Waals surface area contributed by atoms with Crippen molar-refractivity contribution in [2.24, 2.45) is 5.92 Å². The second-order valence-electron chi connectivity index (χ2n) is 19.2. The van der Waals surface area contributed by atoms with Crippen LogP contribution in [0.2, 0.25) is 0 Å². The van der Waals surface area contributed by atoms with Crippen molar-refractivity contribution in [3.63, 3.8) is 0 Å². The van der Waals surface area contributed by atoms with E-state index in [9.17, 15) is 0 Å². The summed E-state index contributed by atoms with van der Waals surface area (Å²) in [5.74, 6) is 0.401. The van der Waals surface area contributed by atoms with Gasteiger partial charge in [-0.15, -0.1) is 0 Å². The summed E-state index contributed by atoms with van der Waals surface area (Å²) in [7, 11) is 0. The van der Waals surface area contributed by atoms with E-state index in [2.05, 4.69) is 217 Å². The van der Waals surface area contributed by atoms with Crippen LogP contribution in [0.4, 0.5) is 0 Å². The van der Waals surface area contributed by atoms with E-state index in [4.69, 9.17) is 0 Å². The van der Waals surface area contributed by atoms with Crippen molar-refractivity contribution in [3.05, 3.63) is 198 Å². The molecular formula is C57H60Cl2Zr. The Labute approximate surface area is 381 Å². The zero-order chi connectivity index (χ0) is 41.3. The van der Waals surface area contributed by atoms with E-state index in [0.717, 1.165) is 0 Å². The van der Waals surface area contributed by atoms with Crippen molar-refractivity contribution in [3.8, 4) is 33.4 Å². The van der Waals surface area contributed by atoms with Crippen LogP contribution in [0.15, 0.2) is 153 Å². The molecule has 6 aromatic carbocycles. The Morgan fingerprint density at radius 1 is 0.467 bits per heavy atom. The standard InChI is InChI=1S/C33H33.C15H14.C9H13.2ClH.Zr/c1-32(2,3)30-20-26-24(18-28(30)22-13-9-7-10-14-22)17-25-19-29(23-15-11-8-12-16-23)31(21-27(25)26)33(4,5)6;1-12-3-7-14(8-4-12)11-15-9-5-13(2)6-10-15;1-6-5-7(2)9(4)8(6)3;;;/h7-21H,1-6H3;3-10H,1-2H3;6H,1-4H3;2*1H;/q;;;;;+2/p-2. The summed E-state index contributed by atoms with van der Waals surface area (Å²) in [5.41, 5.74) is 23.9. The number of hydrogen-bond acceptors (Lipinski definition) is 0. The molecule has 0 spiro atoms. The Morgan fingerprint density at radius 3 is 1.18 bits per heavy atom. The predicted octanol–water partition coefficient (Wildman–Crippen LogP) is 9.46. The summed E-state index contributed by atoms with van der Waals surface area (Å²) in [4.78, 5) is 0. The summed E-state index contributed by atoms with van der Waals surface area (Å²) in [6.07, 6.45) is 0. The van der Waals surface area contributed by atoms with Crippen molar-refractivity contribution in [2.75, 3.05) is 0 Å². The van der Waals surface area contributed by atoms with Gasteiger partial charge in [0, 0.05) is 0 Å². The van der Waals surface area contributed by atoms with Gasteiger partial charge in [0.05, 0.1) is 0 Å². The van der Waals surface area contributed by atoms with Crippen LogP contribution in [-0.2, 0) is 32.1 Å². The third-order valence-electron chi connectivity index (χ3n) is 13.2. The van der Waals surface area contributed by atoms with Gasteiger partial charge in [-0.1, -0.05) is 0 Å². The van der Waals surface area contributed by atoms with E-state index in [1.807, 2.05) is 0 Å². The number of rotatable bonds is 6. The maximum Gasteiger partial charge on any atom is -1.00 e. The minimum atomic E-state index is -3.14. The second kappa shape index (κ2) is 17.5. The summed E-state index contributed by atoms with van der Waals surface area (Å²) in [6.45, 7) is 28.5. The van der Waals surface area contributed by atoms with Crippen LogP contribution in [0.5, 0.6) is 0 Å². The van der Waals surface area contributed by atoms with Crippen molar-refractivity contribution in [1.82, 2.24) is 0 Å². The quantitative estimate of drug-likeness (QED) is 0.156. The van der Waals surface area contributed by atoms with E-state index in [1.54, 1.807) is 6.49 Å².